The van der Waals surface area contributed by atoms with Gasteiger partial charge in [0.15, 0.2) is 12.6 Å². The molecule has 1 amide bonds. The van der Waals surface area contributed by atoms with Gasteiger partial charge in [0.2, 0.25) is 5.91 Å². The number of hydrogen-bond acceptors (Lipinski definition) is 13. The van der Waals surface area contributed by atoms with Crippen LogP contribution in [-0.2, 0) is 23.7 Å². The highest BCUT2D eigenvalue weighted by atomic mass is 16.7. The molecule has 2 saturated heterocycles. The number of hydrogen-bond donors (Lipinski definition) is 9. The van der Waals surface area contributed by atoms with Gasteiger partial charge in [-0.1, -0.05) is 142 Å². The number of amides is 1. The van der Waals surface area contributed by atoms with Crippen LogP contribution < -0.4 is 5.32 Å². The summed E-state index contributed by atoms with van der Waals surface area (Å²) in [6.45, 7) is 2.72. The molecule has 2 fully saturated rings. The number of aliphatic hydroxyl groups is 8. The fourth-order valence-electron chi connectivity index (χ4n) is 7.29. The fourth-order valence-corrected chi connectivity index (χ4v) is 7.29. The highest BCUT2D eigenvalue weighted by Crippen LogP contribution is 2.30. The Morgan fingerprint density at radius 3 is 1.64 bits per heavy atom. The van der Waals surface area contributed by atoms with E-state index < -0.39 is 86.8 Å². The number of rotatable bonds is 32. The minimum atomic E-state index is -1.78. The number of carbonyl (C=O) groups is 1. The summed E-state index contributed by atoms with van der Waals surface area (Å²) in [6.07, 6.45) is 11.3. The first-order chi connectivity index (χ1) is 27.1. The van der Waals surface area contributed by atoms with Crippen molar-refractivity contribution in [3.63, 3.8) is 0 Å². The van der Waals surface area contributed by atoms with E-state index in [4.69, 9.17) is 18.9 Å². The molecule has 2 heterocycles. The number of nitrogens with one attached hydrogen (secondary N) is 1. The number of unbranched alkanes of at least 4 members (excludes halogenated alkanes) is 19. The van der Waals surface area contributed by atoms with Crippen LogP contribution in [0.3, 0.4) is 0 Å². The number of carbonyl (C=O) groups excluding carboxylic acids is 1. The predicted molar refractivity (Wildman–Crippen MR) is 212 cm³/mol. The van der Waals surface area contributed by atoms with E-state index in [0.29, 0.717) is 6.42 Å². The summed E-state index contributed by atoms with van der Waals surface area (Å²) in [5.41, 5.74) is 0. The van der Waals surface area contributed by atoms with Crippen molar-refractivity contribution in [3.05, 3.63) is 12.2 Å². The topological polar surface area (TPSA) is 228 Å². The van der Waals surface area contributed by atoms with Crippen molar-refractivity contribution in [2.24, 2.45) is 0 Å². The van der Waals surface area contributed by atoms with Crippen LogP contribution in [0.25, 0.3) is 0 Å². The molecule has 1 unspecified atom stereocenters. The zero-order chi connectivity index (χ0) is 41.1. The van der Waals surface area contributed by atoms with Gasteiger partial charge in [0.05, 0.1) is 32.0 Å². The van der Waals surface area contributed by atoms with E-state index in [1.165, 1.54) is 89.9 Å². The maximum absolute atomic E-state index is 13.0. The lowest BCUT2D eigenvalue weighted by Crippen LogP contribution is -2.65. The van der Waals surface area contributed by atoms with Crippen molar-refractivity contribution < 1.29 is 64.6 Å². The third-order valence-corrected chi connectivity index (χ3v) is 11.0. The Morgan fingerprint density at radius 2 is 1.11 bits per heavy atom. The van der Waals surface area contributed by atoms with Crippen LogP contribution in [0.4, 0.5) is 0 Å². The van der Waals surface area contributed by atoms with E-state index in [1.54, 1.807) is 6.08 Å². The van der Waals surface area contributed by atoms with Crippen molar-refractivity contribution in [2.45, 2.75) is 229 Å². The predicted octanol–water partition coefficient (Wildman–Crippen LogP) is 3.65. The van der Waals surface area contributed by atoms with Gasteiger partial charge in [0.1, 0.15) is 48.8 Å². The molecule has 9 N–H and O–H groups in total. The summed E-state index contributed by atoms with van der Waals surface area (Å²) in [7, 11) is 0. The lowest BCUT2D eigenvalue weighted by atomic mass is 9.97. The van der Waals surface area contributed by atoms with Gasteiger partial charge < -0.3 is 65.1 Å². The van der Waals surface area contributed by atoms with E-state index in [-0.39, 0.29) is 18.9 Å². The monoisotopic (exact) mass is 806 g/mol. The van der Waals surface area contributed by atoms with Crippen molar-refractivity contribution in [3.8, 4) is 0 Å². The van der Waals surface area contributed by atoms with Gasteiger partial charge in [-0.05, 0) is 19.3 Å². The lowest BCUT2D eigenvalue weighted by molar-refractivity contribution is -0.359. The standard InChI is InChI=1S/C42H79NO13/c1-3-5-7-9-11-13-14-15-16-18-19-21-23-25-31(46)30(43-34(47)26-24-22-20-17-12-10-8-6-4-2)29-53-41-39(52)37(50)40(33(28-45)55-41)56-42-38(51)36(49)35(48)32(27-44)54-42/h23,25,30-33,35-42,44-46,48-52H,3-22,24,26-29H2,1-2H3,(H,43,47)/t30-,31+,32+,33+,35-,36-,37+,38+,39?,40+,41+,42-/m0/s1. The molecule has 2 aliphatic rings. The highest BCUT2D eigenvalue weighted by molar-refractivity contribution is 5.76. The largest absolute Gasteiger partial charge is 0.394 e. The van der Waals surface area contributed by atoms with Crippen molar-refractivity contribution >= 4 is 5.91 Å². The van der Waals surface area contributed by atoms with Gasteiger partial charge >= 0.3 is 0 Å². The molecule has 0 aromatic rings. The fraction of sp³-hybridized carbons (Fsp3) is 0.929. The molecule has 14 nitrogen and oxygen atoms in total. The minimum absolute atomic E-state index is 0.245. The Kier molecular flexibility index (Phi) is 27.9. The third-order valence-electron chi connectivity index (χ3n) is 11.0. The quantitative estimate of drug-likeness (QED) is 0.0350. The molecule has 56 heavy (non-hydrogen) atoms. The van der Waals surface area contributed by atoms with Crippen LogP contribution in [-0.4, -0.2) is 140 Å². The first-order valence-corrected chi connectivity index (χ1v) is 21.9. The van der Waals surface area contributed by atoms with Crippen molar-refractivity contribution in [2.75, 3.05) is 19.8 Å². The van der Waals surface area contributed by atoms with Gasteiger partial charge in [-0.3, -0.25) is 4.79 Å². The molecule has 0 radical (unpaired) electrons. The number of ether oxygens (including phenoxy) is 4. The summed E-state index contributed by atoms with van der Waals surface area (Å²) in [4.78, 5) is 13.0. The van der Waals surface area contributed by atoms with Crippen LogP contribution >= 0.6 is 0 Å². The minimum Gasteiger partial charge on any atom is -0.394 e. The molecule has 0 aromatic carbocycles. The normalized spacial score (nSPS) is 29.5. The molecular weight excluding hydrogens is 726 g/mol. The third kappa shape index (κ3) is 19.2. The second-order valence-electron chi connectivity index (χ2n) is 15.8. The molecule has 0 aromatic heterocycles. The number of allylic oxidation sites excluding steroid dienone is 1. The van der Waals surface area contributed by atoms with E-state index in [9.17, 15) is 45.6 Å². The molecule has 330 valence electrons. The highest BCUT2D eigenvalue weighted by Gasteiger charge is 2.50. The maximum Gasteiger partial charge on any atom is 0.220 e. The second kappa shape index (κ2) is 30.7. The van der Waals surface area contributed by atoms with Crippen LogP contribution in [0.15, 0.2) is 12.2 Å². The molecule has 12 atom stereocenters. The van der Waals surface area contributed by atoms with E-state index in [1.807, 2.05) is 6.08 Å². The Bertz CT molecular complexity index is 1000. The molecule has 0 bridgehead atoms. The number of aliphatic hydroxyl groups excluding tert-OH is 8. The van der Waals surface area contributed by atoms with Gasteiger partial charge in [-0.15, -0.1) is 0 Å². The SMILES string of the molecule is CCCCCCCCCCCCCC=C[C@@H](O)[C@H](CO[C@@H]1O[C@H](CO)[C@@H](O[C@@H]2O[C@H](CO)[C@H](O)[C@H](O)[C@H]2O)[C@H](O)C1O)NC(=O)CCCCCCCCCCC. The summed E-state index contributed by atoms with van der Waals surface area (Å²) in [5.74, 6) is -0.245. The molecule has 14 heteroatoms. The molecule has 2 aliphatic heterocycles. The van der Waals surface area contributed by atoms with Crippen molar-refractivity contribution in [1.82, 2.24) is 5.32 Å². The molecule has 0 aliphatic carbocycles. The smallest absolute Gasteiger partial charge is 0.220 e. The molecule has 0 spiro atoms. The summed E-state index contributed by atoms with van der Waals surface area (Å²) < 4.78 is 22.6. The Labute approximate surface area is 336 Å². The van der Waals surface area contributed by atoms with Crippen LogP contribution in [0.1, 0.15) is 155 Å². The zero-order valence-electron chi connectivity index (χ0n) is 34.4. The second-order valence-corrected chi connectivity index (χ2v) is 15.8. The first kappa shape index (κ1) is 50.9. The van der Waals surface area contributed by atoms with Crippen LogP contribution in [0.5, 0.6) is 0 Å². The zero-order valence-corrected chi connectivity index (χ0v) is 34.4. The van der Waals surface area contributed by atoms with Crippen LogP contribution in [0.2, 0.25) is 0 Å². The van der Waals surface area contributed by atoms with Crippen LogP contribution in [0, 0.1) is 0 Å². The maximum atomic E-state index is 13.0. The lowest BCUT2D eigenvalue weighted by Gasteiger charge is -2.46. The average molecular weight is 806 g/mol. The van der Waals surface area contributed by atoms with Gasteiger partial charge in [0.25, 0.3) is 0 Å². The molecule has 2 rings (SSSR count). The Hall–Kier alpha value is -1.27. The van der Waals surface area contributed by atoms with E-state index in [0.717, 1.165) is 38.5 Å². The summed E-state index contributed by atoms with van der Waals surface area (Å²) >= 11 is 0. The van der Waals surface area contributed by atoms with E-state index in [2.05, 4.69) is 19.2 Å². The summed E-state index contributed by atoms with van der Waals surface area (Å²) in [5, 5.41) is 86.2. The summed E-state index contributed by atoms with van der Waals surface area (Å²) in [6, 6.07) is -0.904. The van der Waals surface area contributed by atoms with Gasteiger partial charge in [0, 0.05) is 6.42 Å². The average Bonchev–Trinajstić information content (AvgIpc) is 3.19. The first-order valence-electron chi connectivity index (χ1n) is 21.9. The molecule has 0 saturated carbocycles. The van der Waals surface area contributed by atoms with Crippen molar-refractivity contribution in [1.29, 1.82) is 0 Å². The van der Waals surface area contributed by atoms with E-state index >= 15 is 0 Å². The molecular formula is C42H79NO13. The Morgan fingerprint density at radius 1 is 0.625 bits per heavy atom. The van der Waals surface area contributed by atoms with Gasteiger partial charge in [-0.25, -0.2) is 0 Å². The van der Waals surface area contributed by atoms with Gasteiger partial charge in [-0.2, -0.15) is 0 Å². The Balaban J connectivity index is 1.93.